The van der Waals surface area contributed by atoms with Gasteiger partial charge in [0, 0.05) is 0 Å². The fourth-order valence-corrected chi connectivity index (χ4v) is 1.06. The Bertz CT molecular complexity index is 96.2. The summed E-state index contributed by atoms with van der Waals surface area (Å²) < 4.78 is 10.6. The molecule has 0 heterocycles. The van der Waals surface area contributed by atoms with Gasteiger partial charge in [0.25, 0.3) is 0 Å². The average molecular weight is 189 g/mol. The highest BCUT2D eigenvalue weighted by Gasteiger charge is 2.04. The van der Waals surface area contributed by atoms with E-state index in [1.54, 1.807) is 0 Å². The van der Waals surface area contributed by atoms with Crippen LogP contribution in [0, 0.1) is 6.42 Å². The van der Waals surface area contributed by atoms with Gasteiger partial charge in [-0.1, -0.05) is 20.3 Å². The lowest BCUT2D eigenvalue weighted by atomic mass is 10.2. The van der Waals surface area contributed by atoms with E-state index in [0.29, 0.717) is 19.8 Å². The molecule has 0 aromatic rings. The summed E-state index contributed by atoms with van der Waals surface area (Å²) in [5.41, 5.74) is 0. The van der Waals surface area contributed by atoms with E-state index in [0.717, 1.165) is 12.8 Å². The van der Waals surface area contributed by atoms with E-state index in [-0.39, 0.29) is 12.7 Å². The molecule has 3 nitrogen and oxygen atoms in total. The van der Waals surface area contributed by atoms with Crippen LogP contribution in [0.5, 0.6) is 0 Å². The molecule has 0 aromatic carbocycles. The summed E-state index contributed by atoms with van der Waals surface area (Å²) in [6.07, 6.45) is 4.51. The van der Waals surface area contributed by atoms with Crippen molar-refractivity contribution in [2.24, 2.45) is 0 Å². The molecule has 0 spiro atoms. The fourth-order valence-electron chi connectivity index (χ4n) is 1.06. The van der Waals surface area contributed by atoms with Crippen molar-refractivity contribution >= 4 is 0 Å². The Balaban J connectivity index is 3.17. The van der Waals surface area contributed by atoms with Gasteiger partial charge in [0.2, 0.25) is 0 Å². The summed E-state index contributed by atoms with van der Waals surface area (Å²) in [6.45, 7) is 5.80. The van der Waals surface area contributed by atoms with Crippen LogP contribution in [-0.4, -0.2) is 37.6 Å². The van der Waals surface area contributed by atoms with Crippen LogP contribution >= 0.6 is 0 Å². The molecular weight excluding hydrogens is 168 g/mol. The third-order valence-corrected chi connectivity index (χ3v) is 1.74. The van der Waals surface area contributed by atoms with Crippen molar-refractivity contribution in [3.8, 4) is 0 Å². The monoisotopic (exact) mass is 189 g/mol. The maximum absolute atomic E-state index is 8.43. The molecule has 0 amide bonds. The second-order valence-electron chi connectivity index (χ2n) is 2.87. The van der Waals surface area contributed by atoms with Gasteiger partial charge in [-0.3, -0.25) is 0 Å². The largest absolute Gasteiger partial charge is 0.394 e. The molecule has 0 aliphatic carbocycles. The predicted octanol–water partition coefficient (Wildman–Crippen LogP) is 1.40. The first-order valence-corrected chi connectivity index (χ1v) is 4.94. The Kier molecular flexibility index (Phi) is 9.87. The van der Waals surface area contributed by atoms with Crippen LogP contribution in [0.3, 0.4) is 0 Å². The molecule has 3 heteroatoms. The van der Waals surface area contributed by atoms with Gasteiger partial charge in [-0.15, -0.1) is 0 Å². The summed E-state index contributed by atoms with van der Waals surface area (Å²) in [6, 6.07) is 0. The number of rotatable bonds is 9. The van der Waals surface area contributed by atoms with Gasteiger partial charge < -0.3 is 14.6 Å². The molecular formula is C10H21O3. The molecule has 0 aromatic heterocycles. The first-order chi connectivity index (χ1) is 6.35. The van der Waals surface area contributed by atoms with E-state index >= 15 is 0 Å². The zero-order valence-electron chi connectivity index (χ0n) is 8.66. The van der Waals surface area contributed by atoms with E-state index in [9.17, 15) is 0 Å². The van der Waals surface area contributed by atoms with E-state index in [1.807, 2.05) is 6.92 Å². The minimum absolute atomic E-state index is 0.0816. The van der Waals surface area contributed by atoms with Crippen molar-refractivity contribution in [2.45, 2.75) is 32.8 Å². The van der Waals surface area contributed by atoms with Crippen LogP contribution < -0.4 is 0 Å². The van der Waals surface area contributed by atoms with Crippen molar-refractivity contribution in [3.05, 3.63) is 6.42 Å². The summed E-state index contributed by atoms with van der Waals surface area (Å²) >= 11 is 0. The molecule has 1 radical (unpaired) electrons. The lowest BCUT2D eigenvalue weighted by Gasteiger charge is -2.14. The minimum Gasteiger partial charge on any atom is -0.394 e. The second kappa shape index (κ2) is 9.96. The molecule has 0 bridgehead atoms. The standard InChI is InChI=1S/C10H21O3/c1-3-5-10(4-2)13-9-8-12-7-6-11/h4,10-11H,3,5-9H2,1-2H3. The van der Waals surface area contributed by atoms with Crippen molar-refractivity contribution in [3.63, 3.8) is 0 Å². The second-order valence-corrected chi connectivity index (χ2v) is 2.87. The molecule has 1 unspecified atom stereocenters. The molecule has 0 rings (SSSR count). The first kappa shape index (κ1) is 12.9. The zero-order valence-corrected chi connectivity index (χ0v) is 8.66. The molecule has 0 saturated carbocycles. The Morgan fingerprint density at radius 2 is 2.08 bits per heavy atom. The lowest BCUT2D eigenvalue weighted by molar-refractivity contribution is 0.00605. The maximum Gasteiger partial charge on any atom is 0.0704 e. The highest BCUT2D eigenvalue weighted by molar-refractivity contribution is 4.70. The number of hydrogen-bond donors (Lipinski definition) is 1. The van der Waals surface area contributed by atoms with Gasteiger partial charge >= 0.3 is 0 Å². The van der Waals surface area contributed by atoms with Gasteiger partial charge in [-0.05, 0) is 12.8 Å². The summed E-state index contributed by atoms with van der Waals surface area (Å²) in [5, 5.41) is 8.43. The molecule has 13 heavy (non-hydrogen) atoms. The van der Waals surface area contributed by atoms with Gasteiger partial charge in [0.05, 0.1) is 32.5 Å². The predicted molar refractivity (Wildman–Crippen MR) is 52.5 cm³/mol. The summed E-state index contributed by atoms with van der Waals surface area (Å²) in [4.78, 5) is 0. The Hall–Kier alpha value is -0.120. The van der Waals surface area contributed by atoms with Gasteiger partial charge in [0.15, 0.2) is 0 Å². The van der Waals surface area contributed by atoms with Crippen LogP contribution in [0.1, 0.15) is 26.7 Å². The average Bonchev–Trinajstić information content (AvgIpc) is 2.16. The van der Waals surface area contributed by atoms with Gasteiger partial charge in [-0.2, -0.15) is 0 Å². The minimum atomic E-state index is 0.0816. The van der Waals surface area contributed by atoms with Crippen molar-refractivity contribution in [2.75, 3.05) is 26.4 Å². The maximum atomic E-state index is 8.43. The number of aliphatic hydroxyl groups excluding tert-OH is 1. The van der Waals surface area contributed by atoms with E-state index in [4.69, 9.17) is 14.6 Å². The number of aliphatic hydroxyl groups is 1. The molecule has 1 N–H and O–H groups in total. The SMILES string of the molecule is C[CH]C(CCC)OCCOCCO. The zero-order chi connectivity index (χ0) is 9.94. The van der Waals surface area contributed by atoms with Crippen LogP contribution in [0.2, 0.25) is 0 Å². The highest BCUT2D eigenvalue weighted by atomic mass is 16.5. The number of hydrogen-bond acceptors (Lipinski definition) is 3. The molecule has 79 valence electrons. The molecule has 0 aliphatic heterocycles. The van der Waals surface area contributed by atoms with Crippen molar-refractivity contribution in [1.82, 2.24) is 0 Å². The molecule has 0 saturated heterocycles. The summed E-state index contributed by atoms with van der Waals surface area (Å²) in [5.74, 6) is 0. The third-order valence-electron chi connectivity index (χ3n) is 1.74. The van der Waals surface area contributed by atoms with Crippen molar-refractivity contribution < 1.29 is 14.6 Å². The normalized spacial score (nSPS) is 13.2. The fraction of sp³-hybridized carbons (Fsp3) is 0.900. The first-order valence-electron chi connectivity index (χ1n) is 4.94. The van der Waals surface area contributed by atoms with E-state index in [1.165, 1.54) is 0 Å². The van der Waals surface area contributed by atoms with Crippen LogP contribution in [0.25, 0.3) is 0 Å². The smallest absolute Gasteiger partial charge is 0.0704 e. The Labute approximate surface area is 81.0 Å². The van der Waals surface area contributed by atoms with Crippen LogP contribution in [0.4, 0.5) is 0 Å². The molecule has 0 aliphatic rings. The van der Waals surface area contributed by atoms with Gasteiger partial charge in [-0.25, -0.2) is 0 Å². The Morgan fingerprint density at radius 1 is 1.31 bits per heavy atom. The number of ether oxygens (including phenoxy) is 2. The van der Waals surface area contributed by atoms with E-state index < -0.39 is 0 Å². The highest BCUT2D eigenvalue weighted by Crippen LogP contribution is 2.04. The van der Waals surface area contributed by atoms with E-state index in [2.05, 4.69) is 13.3 Å². The van der Waals surface area contributed by atoms with Crippen LogP contribution in [-0.2, 0) is 9.47 Å². The topological polar surface area (TPSA) is 38.7 Å². The van der Waals surface area contributed by atoms with Gasteiger partial charge in [0.1, 0.15) is 0 Å². The third kappa shape index (κ3) is 8.22. The molecule has 0 fully saturated rings. The quantitative estimate of drug-likeness (QED) is 0.557. The van der Waals surface area contributed by atoms with Crippen molar-refractivity contribution in [1.29, 1.82) is 0 Å². The summed E-state index contributed by atoms with van der Waals surface area (Å²) in [7, 11) is 0. The Morgan fingerprint density at radius 3 is 2.62 bits per heavy atom. The molecule has 1 atom stereocenters. The van der Waals surface area contributed by atoms with Crippen LogP contribution in [0.15, 0.2) is 0 Å². The lowest BCUT2D eigenvalue weighted by Crippen LogP contribution is -2.16.